The van der Waals surface area contributed by atoms with Gasteiger partial charge >= 0.3 is 0 Å². The maximum Gasteiger partial charge on any atom is 0.0683 e. The molecule has 4 N–H and O–H groups in total. The molecule has 0 aliphatic carbocycles. The molecule has 0 saturated carbocycles. The van der Waals surface area contributed by atoms with Crippen LogP contribution in [0.3, 0.4) is 0 Å². The fourth-order valence-electron chi connectivity index (χ4n) is 1.19. The second kappa shape index (κ2) is 1.99. The third-order valence-electron chi connectivity index (χ3n) is 1.83. The zero-order chi connectivity index (χ0) is 7.84. The minimum Gasteiger partial charge on any atom is -0.397 e. The van der Waals surface area contributed by atoms with Crippen molar-refractivity contribution in [3.8, 4) is 0 Å². The summed E-state index contributed by atoms with van der Waals surface area (Å²) in [5, 5.41) is 0. The lowest BCUT2D eigenvalue weighted by Crippen LogP contribution is -1.94. The third-order valence-corrected chi connectivity index (χ3v) is 1.83. The Morgan fingerprint density at radius 3 is 2.73 bits per heavy atom. The van der Waals surface area contributed by atoms with Gasteiger partial charge in [0, 0.05) is 12.6 Å². The van der Waals surface area contributed by atoms with Gasteiger partial charge in [0.15, 0.2) is 0 Å². The van der Waals surface area contributed by atoms with Gasteiger partial charge < -0.3 is 11.5 Å². The van der Waals surface area contributed by atoms with Crippen LogP contribution in [0.1, 0.15) is 5.56 Å². The van der Waals surface area contributed by atoms with Gasteiger partial charge in [-0.2, -0.15) is 0 Å². The van der Waals surface area contributed by atoms with Crippen molar-refractivity contribution in [1.82, 2.24) is 0 Å². The van der Waals surface area contributed by atoms with Crippen molar-refractivity contribution in [2.75, 3.05) is 11.5 Å². The third kappa shape index (κ3) is 0.852. The summed E-state index contributed by atoms with van der Waals surface area (Å²) in [6, 6.07) is 3.70. The largest absolute Gasteiger partial charge is 0.397 e. The average Bonchev–Trinajstić information content (AvgIpc) is 2.36. The van der Waals surface area contributed by atoms with Gasteiger partial charge in [-0.3, -0.25) is 4.99 Å². The summed E-state index contributed by atoms with van der Waals surface area (Å²) in [6.07, 6.45) is 2.74. The molecule has 1 aromatic rings. The lowest BCUT2D eigenvalue weighted by atomic mass is 10.1. The number of hydrogen-bond donors (Lipinski definition) is 2. The fraction of sp³-hybridized carbons (Fsp3) is 0.125. The van der Waals surface area contributed by atoms with Gasteiger partial charge in [-0.25, -0.2) is 0 Å². The number of benzene rings is 1. The molecule has 0 fully saturated rings. The van der Waals surface area contributed by atoms with Crippen LogP contribution in [0.25, 0.3) is 0 Å². The summed E-state index contributed by atoms with van der Waals surface area (Å²) in [5.74, 6) is 0. The van der Waals surface area contributed by atoms with E-state index in [1.54, 1.807) is 0 Å². The summed E-state index contributed by atoms with van der Waals surface area (Å²) in [4.78, 5) is 4.14. The lowest BCUT2D eigenvalue weighted by molar-refractivity contribution is 1.41. The molecule has 3 heteroatoms. The SMILES string of the molecule is Nc1cc2c(cc1N)N=CC2. The first-order valence-electron chi connectivity index (χ1n) is 3.48. The van der Waals surface area contributed by atoms with E-state index >= 15 is 0 Å². The van der Waals surface area contributed by atoms with Crippen molar-refractivity contribution in [3.05, 3.63) is 17.7 Å². The van der Waals surface area contributed by atoms with E-state index in [0.717, 1.165) is 17.7 Å². The Hall–Kier alpha value is -1.51. The lowest BCUT2D eigenvalue weighted by Gasteiger charge is -2.02. The number of nitrogens with two attached hydrogens (primary N) is 2. The molecule has 0 bridgehead atoms. The molecule has 1 aliphatic heterocycles. The molecular formula is C8H9N3. The predicted molar refractivity (Wildman–Crippen MR) is 47.1 cm³/mol. The van der Waals surface area contributed by atoms with Crippen molar-refractivity contribution in [1.29, 1.82) is 0 Å². The van der Waals surface area contributed by atoms with Crippen molar-refractivity contribution >= 4 is 23.3 Å². The second-order valence-electron chi connectivity index (χ2n) is 2.63. The first-order valence-corrected chi connectivity index (χ1v) is 3.48. The Kier molecular flexibility index (Phi) is 1.12. The van der Waals surface area contributed by atoms with Crippen LogP contribution in [0.2, 0.25) is 0 Å². The molecule has 56 valence electrons. The van der Waals surface area contributed by atoms with Gasteiger partial charge in [-0.05, 0) is 17.7 Å². The highest BCUT2D eigenvalue weighted by Crippen LogP contribution is 2.30. The van der Waals surface area contributed by atoms with Gasteiger partial charge in [0.25, 0.3) is 0 Å². The predicted octanol–water partition coefficient (Wildman–Crippen LogP) is 1.11. The van der Waals surface area contributed by atoms with Crippen LogP contribution >= 0.6 is 0 Å². The van der Waals surface area contributed by atoms with Crippen LogP contribution in [0.15, 0.2) is 17.1 Å². The number of anilines is 2. The summed E-state index contributed by atoms with van der Waals surface area (Å²) in [7, 11) is 0. The molecule has 0 radical (unpaired) electrons. The van der Waals surface area contributed by atoms with Gasteiger partial charge in [0.05, 0.1) is 17.1 Å². The quantitative estimate of drug-likeness (QED) is 0.540. The zero-order valence-corrected chi connectivity index (χ0v) is 6.04. The number of hydrogen-bond acceptors (Lipinski definition) is 3. The van der Waals surface area contributed by atoms with E-state index in [2.05, 4.69) is 4.99 Å². The van der Waals surface area contributed by atoms with Gasteiger partial charge in [-0.15, -0.1) is 0 Å². The van der Waals surface area contributed by atoms with E-state index in [0.29, 0.717) is 11.4 Å². The van der Waals surface area contributed by atoms with Crippen LogP contribution in [-0.2, 0) is 6.42 Å². The fourth-order valence-corrected chi connectivity index (χ4v) is 1.19. The second-order valence-corrected chi connectivity index (χ2v) is 2.63. The van der Waals surface area contributed by atoms with Gasteiger partial charge in [-0.1, -0.05) is 0 Å². The standard InChI is InChI=1S/C8H9N3/c9-6-3-5-1-2-11-8(5)4-7(6)10/h2-4H,1,9-10H2. The normalized spacial score (nSPS) is 13.5. The molecule has 2 rings (SSSR count). The average molecular weight is 147 g/mol. The summed E-state index contributed by atoms with van der Waals surface area (Å²) < 4.78 is 0. The number of fused-ring (bicyclic) bond motifs is 1. The van der Waals surface area contributed by atoms with E-state index in [9.17, 15) is 0 Å². The Morgan fingerprint density at radius 2 is 1.91 bits per heavy atom. The molecule has 0 unspecified atom stereocenters. The highest BCUT2D eigenvalue weighted by molar-refractivity contribution is 5.81. The van der Waals surface area contributed by atoms with Crippen LogP contribution in [0.4, 0.5) is 17.1 Å². The molecule has 11 heavy (non-hydrogen) atoms. The molecule has 0 atom stereocenters. The highest BCUT2D eigenvalue weighted by atomic mass is 14.8. The van der Waals surface area contributed by atoms with E-state index in [-0.39, 0.29) is 0 Å². The first kappa shape index (κ1) is 6.22. The summed E-state index contributed by atoms with van der Waals surface area (Å²) in [6.45, 7) is 0. The minimum atomic E-state index is 0.614. The molecule has 0 spiro atoms. The maximum absolute atomic E-state index is 5.61. The van der Waals surface area contributed by atoms with E-state index in [4.69, 9.17) is 11.5 Å². The van der Waals surface area contributed by atoms with Gasteiger partial charge in [0.1, 0.15) is 0 Å². The number of rotatable bonds is 0. The Balaban J connectivity index is 2.63. The maximum atomic E-state index is 5.61. The van der Waals surface area contributed by atoms with Crippen LogP contribution in [0.5, 0.6) is 0 Å². The molecule has 0 amide bonds. The van der Waals surface area contributed by atoms with E-state index in [1.807, 2.05) is 18.3 Å². The molecule has 0 saturated heterocycles. The molecule has 1 aromatic carbocycles. The van der Waals surface area contributed by atoms with E-state index in [1.165, 1.54) is 0 Å². The topological polar surface area (TPSA) is 64.4 Å². The number of aliphatic imine (C=N–C) groups is 1. The van der Waals surface area contributed by atoms with Crippen LogP contribution < -0.4 is 11.5 Å². The van der Waals surface area contributed by atoms with Crippen LogP contribution in [-0.4, -0.2) is 6.21 Å². The Bertz CT molecular complexity index is 328. The molecule has 1 heterocycles. The molecule has 1 aliphatic rings. The number of nitrogens with zero attached hydrogens (tertiary/aromatic N) is 1. The van der Waals surface area contributed by atoms with Crippen molar-refractivity contribution in [3.63, 3.8) is 0 Å². The van der Waals surface area contributed by atoms with Crippen molar-refractivity contribution < 1.29 is 0 Å². The molecular weight excluding hydrogens is 138 g/mol. The highest BCUT2D eigenvalue weighted by Gasteiger charge is 2.07. The van der Waals surface area contributed by atoms with Crippen molar-refractivity contribution in [2.45, 2.75) is 6.42 Å². The smallest absolute Gasteiger partial charge is 0.0683 e. The summed E-state index contributed by atoms with van der Waals surface area (Å²) >= 11 is 0. The first-order chi connectivity index (χ1) is 5.27. The Labute approximate surface area is 64.7 Å². The number of nitrogen functional groups attached to an aromatic ring is 2. The van der Waals surface area contributed by atoms with Crippen molar-refractivity contribution in [2.24, 2.45) is 4.99 Å². The van der Waals surface area contributed by atoms with Gasteiger partial charge in [0.2, 0.25) is 0 Å². The van der Waals surface area contributed by atoms with E-state index < -0.39 is 0 Å². The summed E-state index contributed by atoms with van der Waals surface area (Å²) in [5.41, 5.74) is 14.6. The Morgan fingerprint density at radius 1 is 1.18 bits per heavy atom. The molecule has 0 aromatic heterocycles. The monoisotopic (exact) mass is 147 g/mol. The van der Waals surface area contributed by atoms with Crippen LogP contribution in [0, 0.1) is 0 Å². The zero-order valence-electron chi connectivity index (χ0n) is 6.04. The minimum absolute atomic E-state index is 0.614. The molecule has 3 nitrogen and oxygen atoms in total.